The molecule has 0 bridgehead atoms. The van der Waals surface area contributed by atoms with Crippen molar-refractivity contribution in [2.45, 2.75) is 39.0 Å². The van der Waals surface area contributed by atoms with Crippen molar-refractivity contribution in [3.8, 4) is 0 Å². The van der Waals surface area contributed by atoms with Gasteiger partial charge in [0.1, 0.15) is 0 Å². The molecule has 3 rings (SSSR count). The van der Waals surface area contributed by atoms with Gasteiger partial charge in [0.15, 0.2) is 0 Å². The summed E-state index contributed by atoms with van der Waals surface area (Å²) in [6.07, 6.45) is 5.24. The third-order valence-electron chi connectivity index (χ3n) is 4.60. The molecule has 0 unspecified atom stereocenters. The van der Waals surface area contributed by atoms with E-state index in [-0.39, 0.29) is 17.7 Å². The Labute approximate surface area is 125 Å². The van der Waals surface area contributed by atoms with Gasteiger partial charge in [0, 0.05) is 25.7 Å². The summed E-state index contributed by atoms with van der Waals surface area (Å²) < 4.78 is 0. The third kappa shape index (κ3) is 3.09. The largest absolute Gasteiger partial charge is 0.342 e. The Morgan fingerprint density at radius 1 is 1.19 bits per heavy atom. The molecule has 1 aliphatic heterocycles. The maximum absolute atomic E-state index is 12.4. The maximum atomic E-state index is 12.4. The minimum absolute atomic E-state index is 0.0406. The number of carbonyl (C=O) groups is 2. The molecule has 1 atom stereocenters. The van der Waals surface area contributed by atoms with Crippen LogP contribution in [0.4, 0.5) is 5.69 Å². The highest BCUT2D eigenvalue weighted by Crippen LogP contribution is 2.26. The topological polar surface area (TPSA) is 49.4 Å². The number of anilines is 1. The summed E-state index contributed by atoms with van der Waals surface area (Å²) in [5, 5.41) is 3.02. The zero-order chi connectivity index (χ0) is 14.8. The van der Waals surface area contributed by atoms with E-state index in [0.29, 0.717) is 6.54 Å². The molecule has 0 saturated carbocycles. The van der Waals surface area contributed by atoms with Gasteiger partial charge in [0.05, 0.1) is 5.92 Å². The lowest BCUT2D eigenvalue weighted by Gasteiger charge is -2.31. The number of nitrogens with zero attached hydrogens (tertiary/aromatic N) is 1. The van der Waals surface area contributed by atoms with E-state index in [9.17, 15) is 9.59 Å². The smallest absolute Gasteiger partial charge is 0.229 e. The molecule has 4 heteroatoms. The van der Waals surface area contributed by atoms with Crippen LogP contribution in [0.1, 0.15) is 37.3 Å². The number of hydrogen-bond acceptors (Lipinski definition) is 2. The van der Waals surface area contributed by atoms with Gasteiger partial charge < -0.3 is 10.2 Å². The van der Waals surface area contributed by atoms with Crippen LogP contribution >= 0.6 is 0 Å². The van der Waals surface area contributed by atoms with E-state index in [1.807, 2.05) is 6.07 Å². The van der Waals surface area contributed by atoms with Crippen molar-refractivity contribution in [3.63, 3.8) is 0 Å². The lowest BCUT2D eigenvalue weighted by Crippen LogP contribution is -2.42. The van der Waals surface area contributed by atoms with Crippen LogP contribution in [0, 0.1) is 5.92 Å². The van der Waals surface area contributed by atoms with Crippen LogP contribution < -0.4 is 5.32 Å². The molecule has 1 N–H and O–H groups in total. The molecule has 1 saturated heterocycles. The molecule has 2 aliphatic rings. The molecule has 2 amide bonds. The highest BCUT2D eigenvalue weighted by atomic mass is 16.2. The third-order valence-corrected chi connectivity index (χ3v) is 4.60. The number of aryl methyl sites for hydroxylation is 2. The second kappa shape index (κ2) is 5.88. The van der Waals surface area contributed by atoms with E-state index >= 15 is 0 Å². The summed E-state index contributed by atoms with van der Waals surface area (Å²) in [5.41, 5.74) is 3.66. The first-order valence-electron chi connectivity index (χ1n) is 7.81. The highest BCUT2D eigenvalue weighted by Gasteiger charge is 2.27. The number of piperidine rings is 1. The van der Waals surface area contributed by atoms with Crippen molar-refractivity contribution in [2.75, 3.05) is 18.4 Å². The van der Waals surface area contributed by atoms with Crippen LogP contribution in [0.5, 0.6) is 0 Å². The summed E-state index contributed by atoms with van der Waals surface area (Å²) in [4.78, 5) is 25.6. The number of hydrogen-bond donors (Lipinski definition) is 1. The molecule has 0 radical (unpaired) electrons. The molecule has 1 aromatic carbocycles. The van der Waals surface area contributed by atoms with Crippen molar-refractivity contribution in [1.82, 2.24) is 4.90 Å². The predicted octanol–water partition coefficient (Wildman–Crippen LogP) is 2.37. The number of rotatable bonds is 2. The zero-order valence-corrected chi connectivity index (χ0v) is 12.5. The molecule has 4 nitrogen and oxygen atoms in total. The number of benzene rings is 1. The van der Waals surface area contributed by atoms with E-state index in [1.54, 1.807) is 11.8 Å². The molecule has 1 aliphatic carbocycles. The summed E-state index contributed by atoms with van der Waals surface area (Å²) in [5.74, 6) is 0.0137. The zero-order valence-electron chi connectivity index (χ0n) is 12.5. The molecule has 1 aromatic rings. The van der Waals surface area contributed by atoms with Crippen LogP contribution in [0.15, 0.2) is 18.2 Å². The predicted molar refractivity (Wildman–Crippen MR) is 82.1 cm³/mol. The van der Waals surface area contributed by atoms with Crippen molar-refractivity contribution >= 4 is 17.5 Å². The van der Waals surface area contributed by atoms with Gasteiger partial charge in [0.2, 0.25) is 11.8 Å². The van der Waals surface area contributed by atoms with Crippen molar-refractivity contribution < 1.29 is 9.59 Å². The van der Waals surface area contributed by atoms with E-state index in [2.05, 4.69) is 17.4 Å². The number of nitrogens with one attached hydrogen (secondary N) is 1. The normalized spacial score (nSPS) is 21.0. The molecular weight excluding hydrogens is 264 g/mol. The molecule has 21 heavy (non-hydrogen) atoms. The summed E-state index contributed by atoms with van der Waals surface area (Å²) in [6, 6.07) is 6.22. The van der Waals surface area contributed by atoms with Gasteiger partial charge in [-0.2, -0.15) is 0 Å². The van der Waals surface area contributed by atoms with Crippen molar-refractivity contribution in [1.29, 1.82) is 0 Å². The van der Waals surface area contributed by atoms with Gasteiger partial charge >= 0.3 is 0 Å². The Morgan fingerprint density at radius 3 is 2.81 bits per heavy atom. The van der Waals surface area contributed by atoms with E-state index < -0.39 is 0 Å². The van der Waals surface area contributed by atoms with Crippen LogP contribution in [0.3, 0.4) is 0 Å². The Kier molecular flexibility index (Phi) is 3.95. The maximum Gasteiger partial charge on any atom is 0.229 e. The fourth-order valence-electron chi connectivity index (χ4n) is 3.37. The summed E-state index contributed by atoms with van der Waals surface area (Å²) >= 11 is 0. The fraction of sp³-hybridized carbons (Fsp3) is 0.529. The first kappa shape index (κ1) is 14.1. The van der Waals surface area contributed by atoms with E-state index in [0.717, 1.165) is 37.9 Å². The van der Waals surface area contributed by atoms with Crippen LogP contribution in [0.25, 0.3) is 0 Å². The minimum Gasteiger partial charge on any atom is -0.342 e. The van der Waals surface area contributed by atoms with Gasteiger partial charge in [-0.3, -0.25) is 9.59 Å². The SMILES string of the molecule is CC(=O)N1CCC[C@@H](C(=O)Nc2ccc3c(c2)CCC3)C1. The standard InChI is InChI=1S/C17H22N2O2/c1-12(20)19-9-3-6-15(11-19)17(21)18-16-8-7-13-4-2-5-14(13)10-16/h7-8,10,15H,2-6,9,11H2,1H3,(H,18,21)/t15-/m1/s1. The number of carbonyl (C=O) groups excluding carboxylic acids is 2. The van der Waals surface area contributed by atoms with Crippen LogP contribution in [-0.2, 0) is 22.4 Å². The van der Waals surface area contributed by atoms with Crippen LogP contribution in [0.2, 0.25) is 0 Å². The van der Waals surface area contributed by atoms with Crippen LogP contribution in [-0.4, -0.2) is 29.8 Å². The average Bonchev–Trinajstić information content (AvgIpc) is 2.95. The lowest BCUT2D eigenvalue weighted by atomic mass is 9.97. The second-order valence-corrected chi connectivity index (χ2v) is 6.13. The quantitative estimate of drug-likeness (QED) is 0.907. The average molecular weight is 286 g/mol. The Hall–Kier alpha value is -1.84. The summed E-state index contributed by atoms with van der Waals surface area (Å²) in [7, 11) is 0. The summed E-state index contributed by atoms with van der Waals surface area (Å²) in [6.45, 7) is 2.89. The number of fused-ring (bicyclic) bond motifs is 1. The molecule has 112 valence electrons. The lowest BCUT2D eigenvalue weighted by molar-refractivity contribution is -0.132. The van der Waals surface area contributed by atoms with Gasteiger partial charge in [-0.25, -0.2) is 0 Å². The molecule has 1 heterocycles. The fourth-order valence-corrected chi connectivity index (χ4v) is 3.37. The first-order chi connectivity index (χ1) is 10.1. The van der Waals surface area contributed by atoms with Gasteiger partial charge in [0.25, 0.3) is 0 Å². The Balaban J connectivity index is 1.64. The van der Waals surface area contributed by atoms with Crippen molar-refractivity contribution in [3.05, 3.63) is 29.3 Å². The van der Waals surface area contributed by atoms with Crippen molar-refractivity contribution in [2.24, 2.45) is 5.92 Å². The Bertz CT molecular complexity index is 568. The first-order valence-corrected chi connectivity index (χ1v) is 7.81. The van der Waals surface area contributed by atoms with Gasteiger partial charge in [-0.1, -0.05) is 6.07 Å². The number of likely N-dealkylation sites (tertiary alicyclic amines) is 1. The molecular formula is C17H22N2O2. The van der Waals surface area contributed by atoms with Gasteiger partial charge in [-0.05, 0) is 55.4 Å². The monoisotopic (exact) mass is 286 g/mol. The van der Waals surface area contributed by atoms with E-state index in [4.69, 9.17) is 0 Å². The van der Waals surface area contributed by atoms with E-state index in [1.165, 1.54) is 17.5 Å². The van der Waals surface area contributed by atoms with Gasteiger partial charge in [-0.15, -0.1) is 0 Å². The molecule has 1 fully saturated rings. The molecule has 0 spiro atoms. The minimum atomic E-state index is -0.0871. The molecule has 0 aromatic heterocycles. The highest BCUT2D eigenvalue weighted by molar-refractivity contribution is 5.93. The second-order valence-electron chi connectivity index (χ2n) is 6.13. The Morgan fingerprint density at radius 2 is 2.00 bits per heavy atom. The number of amides is 2.